The monoisotopic (exact) mass is 553 g/mol. The number of benzene rings is 2. The molecule has 0 bridgehead atoms. The molecule has 0 amide bonds. The molecule has 1 saturated heterocycles. The Balaban J connectivity index is 1.47. The van der Waals surface area contributed by atoms with Crippen molar-refractivity contribution in [2.24, 2.45) is 0 Å². The molecule has 0 unspecified atom stereocenters. The Morgan fingerprint density at radius 1 is 1.08 bits per heavy atom. The number of anilines is 3. The predicted octanol–water partition coefficient (Wildman–Crippen LogP) is 5.59. The summed E-state index contributed by atoms with van der Waals surface area (Å²) in [5, 5.41) is 7.17. The van der Waals surface area contributed by atoms with Crippen LogP contribution >= 0.6 is 23.2 Å². The van der Waals surface area contributed by atoms with Gasteiger partial charge in [0.05, 0.1) is 15.7 Å². The highest BCUT2D eigenvalue weighted by Crippen LogP contribution is 2.38. The number of rotatable bonds is 4. The molecule has 2 aliphatic rings. The standard InChI is InChI=1S/C27H26Cl2FN7O/c1-14-12-16(13-19(30)20(14)15-6-9-36(2)10-7-15)32-26-33-23(21-17(28)4-3-5-18(21)29)22-24(34-26)37-11-8-31-27(37)35-25(22)38/h3-5,12-13,15H,6-11H2,1-2H3,(H,31,35,38)(H,32,33,34). The lowest BCUT2D eigenvalue weighted by Gasteiger charge is -2.30. The first kappa shape index (κ1) is 25.0. The molecule has 0 spiro atoms. The minimum atomic E-state index is -0.484. The second-order valence-corrected chi connectivity index (χ2v) is 10.7. The number of likely N-dealkylation sites (tertiary alicyclic amines) is 1. The van der Waals surface area contributed by atoms with E-state index in [-0.39, 0.29) is 28.8 Å². The fraction of sp³-hybridized carbons (Fsp3) is 0.333. The summed E-state index contributed by atoms with van der Waals surface area (Å²) in [4.78, 5) is 28.9. The molecular formula is C27H26Cl2FN7O. The SMILES string of the molecule is Cc1cc(Nc2nc(-c3c(Cl)cccc3Cl)c3c(=O)nc4n(c3n2)CCN4)cc(F)c1C1CCN(C)CC1. The number of hydrogen-bond acceptors (Lipinski definition) is 7. The maximum absolute atomic E-state index is 15.4. The number of nitrogens with one attached hydrogen (secondary N) is 2. The van der Waals surface area contributed by atoms with Gasteiger partial charge < -0.3 is 15.5 Å². The van der Waals surface area contributed by atoms with Crippen molar-refractivity contribution in [1.29, 1.82) is 0 Å². The van der Waals surface area contributed by atoms with E-state index in [1.807, 2.05) is 17.6 Å². The smallest absolute Gasteiger partial charge is 0.286 e. The van der Waals surface area contributed by atoms with E-state index in [4.69, 9.17) is 23.2 Å². The Hall–Kier alpha value is -3.27. The topological polar surface area (TPSA) is 88.0 Å². The number of aryl methyl sites for hydroxylation is 1. The molecule has 11 heteroatoms. The van der Waals surface area contributed by atoms with Crippen LogP contribution in [0.25, 0.3) is 22.3 Å². The van der Waals surface area contributed by atoms with Gasteiger partial charge in [-0.25, -0.2) is 9.37 Å². The lowest BCUT2D eigenvalue weighted by Crippen LogP contribution is -2.29. The van der Waals surface area contributed by atoms with Gasteiger partial charge in [-0.15, -0.1) is 0 Å². The van der Waals surface area contributed by atoms with Gasteiger partial charge in [-0.3, -0.25) is 9.36 Å². The summed E-state index contributed by atoms with van der Waals surface area (Å²) in [7, 11) is 2.09. The highest BCUT2D eigenvalue weighted by molar-refractivity contribution is 6.39. The molecule has 4 aromatic rings. The molecule has 0 aliphatic carbocycles. The van der Waals surface area contributed by atoms with Gasteiger partial charge in [0, 0.05) is 24.3 Å². The largest absolute Gasteiger partial charge is 0.354 e. The van der Waals surface area contributed by atoms with Crippen LogP contribution in [0, 0.1) is 12.7 Å². The average molecular weight is 554 g/mol. The predicted molar refractivity (Wildman–Crippen MR) is 149 cm³/mol. The minimum Gasteiger partial charge on any atom is -0.354 e. The van der Waals surface area contributed by atoms with Crippen molar-refractivity contribution >= 4 is 51.8 Å². The molecule has 2 aliphatic heterocycles. The molecule has 2 aromatic carbocycles. The molecule has 0 atom stereocenters. The van der Waals surface area contributed by atoms with E-state index in [9.17, 15) is 4.79 Å². The van der Waals surface area contributed by atoms with E-state index >= 15 is 4.39 Å². The van der Waals surface area contributed by atoms with Gasteiger partial charge in [0.15, 0.2) is 5.65 Å². The Morgan fingerprint density at radius 3 is 2.53 bits per heavy atom. The van der Waals surface area contributed by atoms with Crippen molar-refractivity contribution in [3.05, 3.63) is 67.7 Å². The molecule has 4 heterocycles. The fourth-order valence-corrected chi connectivity index (χ4v) is 6.09. The van der Waals surface area contributed by atoms with Crippen LogP contribution in [0.5, 0.6) is 0 Å². The summed E-state index contributed by atoms with van der Waals surface area (Å²) in [6.45, 7) is 5.03. The van der Waals surface area contributed by atoms with Crippen LogP contribution in [0.1, 0.15) is 29.9 Å². The lowest BCUT2D eigenvalue weighted by atomic mass is 9.86. The number of hydrogen-bond donors (Lipinski definition) is 2. The van der Waals surface area contributed by atoms with Gasteiger partial charge in [0.2, 0.25) is 11.9 Å². The first-order chi connectivity index (χ1) is 18.3. The first-order valence-electron chi connectivity index (χ1n) is 12.6. The molecule has 2 N–H and O–H groups in total. The molecule has 196 valence electrons. The summed E-state index contributed by atoms with van der Waals surface area (Å²) in [6.07, 6.45) is 1.86. The highest BCUT2D eigenvalue weighted by atomic mass is 35.5. The third kappa shape index (κ3) is 4.38. The van der Waals surface area contributed by atoms with Crippen LogP contribution in [0.3, 0.4) is 0 Å². The van der Waals surface area contributed by atoms with Crippen molar-refractivity contribution in [3.63, 3.8) is 0 Å². The third-order valence-electron chi connectivity index (χ3n) is 7.36. The first-order valence-corrected chi connectivity index (χ1v) is 13.3. The minimum absolute atomic E-state index is 0.195. The summed E-state index contributed by atoms with van der Waals surface area (Å²) in [5.41, 5.74) is 2.76. The van der Waals surface area contributed by atoms with Gasteiger partial charge in [0.1, 0.15) is 11.2 Å². The quantitative estimate of drug-likeness (QED) is 0.340. The van der Waals surface area contributed by atoms with Crippen molar-refractivity contribution < 1.29 is 4.39 Å². The van der Waals surface area contributed by atoms with Crippen LogP contribution in [-0.4, -0.2) is 51.1 Å². The zero-order valence-electron chi connectivity index (χ0n) is 21.0. The summed E-state index contributed by atoms with van der Waals surface area (Å²) >= 11 is 13.1. The molecule has 2 aromatic heterocycles. The number of nitrogens with zero attached hydrogens (tertiary/aromatic N) is 5. The van der Waals surface area contributed by atoms with E-state index < -0.39 is 5.56 Å². The van der Waals surface area contributed by atoms with E-state index in [2.05, 4.69) is 37.5 Å². The molecule has 38 heavy (non-hydrogen) atoms. The van der Waals surface area contributed by atoms with Gasteiger partial charge in [-0.05, 0) is 81.2 Å². The second-order valence-electron chi connectivity index (χ2n) is 9.90. The number of piperidine rings is 1. The molecule has 8 nitrogen and oxygen atoms in total. The fourth-order valence-electron chi connectivity index (χ4n) is 5.51. The molecule has 0 saturated carbocycles. The maximum Gasteiger partial charge on any atom is 0.286 e. The Labute approximate surface area is 228 Å². The second kappa shape index (κ2) is 9.80. The normalized spacial score (nSPS) is 16.0. The Morgan fingerprint density at radius 2 is 1.82 bits per heavy atom. The number of fused-ring (bicyclic) bond motifs is 3. The van der Waals surface area contributed by atoms with Gasteiger partial charge in [-0.1, -0.05) is 29.3 Å². The Kier molecular flexibility index (Phi) is 6.45. The van der Waals surface area contributed by atoms with Crippen molar-refractivity contribution in [2.75, 3.05) is 37.3 Å². The highest BCUT2D eigenvalue weighted by Gasteiger charge is 2.26. The number of halogens is 3. The van der Waals surface area contributed by atoms with Crippen molar-refractivity contribution in [3.8, 4) is 11.3 Å². The summed E-state index contributed by atoms with van der Waals surface area (Å²) in [6, 6.07) is 8.49. The van der Waals surface area contributed by atoms with E-state index in [1.54, 1.807) is 18.2 Å². The van der Waals surface area contributed by atoms with Gasteiger partial charge >= 0.3 is 0 Å². The van der Waals surface area contributed by atoms with E-state index in [1.165, 1.54) is 6.07 Å². The Bertz CT molecular complexity index is 1590. The van der Waals surface area contributed by atoms with Gasteiger partial charge in [-0.2, -0.15) is 9.97 Å². The average Bonchev–Trinajstić information content (AvgIpc) is 3.33. The maximum atomic E-state index is 15.4. The van der Waals surface area contributed by atoms with Crippen LogP contribution in [-0.2, 0) is 6.54 Å². The molecule has 1 fully saturated rings. The lowest BCUT2D eigenvalue weighted by molar-refractivity contribution is 0.252. The van der Waals surface area contributed by atoms with Crippen molar-refractivity contribution in [1.82, 2.24) is 24.4 Å². The van der Waals surface area contributed by atoms with Gasteiger partial charge in [0.25, 0.3) is 5.56 Å². The number of aromatic nitrogens is 4. The summed E-state index contributed by atoms with van der Waals surface area (Å²) in [5.74, 6) is 0.581. The zero-order valence-corrected chi connectivity index (χ0v) is 22.5. The van der Waals surface area contributed by atoms with E-state index in [0.29, 0.717) is 46.0 Å². The van der Waals surface area contributed by atoms with Crippen LogP contribution < -0.4 is 16.2 Å². The third-order valence-corrected chi connectivity index (χ3v) is 7.99. The molecular weight excluding hydrogens is 528 g/mol. The zero-order chi connectivity index (χ0) is 26.6. The molecule has 0 radical (unpaired) electrons. The van der Waals surface area contributed by atoms with Crippen molar-refractivity contribution in [2.45, 2.75) is 32.2 Å². The van der Waals surface area contributed by atoms with Crippen LogP contribution in [0.2, 0.25) is 10.0 Å². The molecule has 6 rings (SSSR count). The van der Waals surface area contributed by atoms with Crippen LogP contribution in [0.15, 0.2) is 35.1 Å². The summed E-state index contributed by atoms with van der Waals surface area (Å²) < 4.78 is 17.3. The van der Waals surface area contributed by atoms with Crippen LogP contribution in [0.4, 0.5) is 22.0 Å². The van der Waals surface area contributed by atoms with E-state index in [0.717, 1.165) is 37.1 Å².